The molecule has 0 aliphatic carbocycles. The van der Waals surface area contributed by atoms with Crippen molar-refractivity contribution in [2.45, 2.75) is 12.2 Å². The lowest BCUT2D eigenvalue weighted by Gasteiger charge is -2.16. The monoisotopic (exact) mass is 455 g/mol. The third-order valence-electron chi connectivity index (χ3n) is 4.74. The van der Waals surface area contributed by atoms with Crippen LogP contribution in [0.25, 0.3) is 12.2 Å². The molecule has 3 rings (SSSR count). The van der Waals surface area contributed by atoms with E-state index in [2.05, 4.69) is 0 Å². The molecule has 0 radical (unpaired) electrons. The third kappa shape index (κ3) is 5.82. The van der Waals surface area contributed by atoms with Crippen LogP contribution in [0.1, 0.15) is 11.1 Å². The topological polar surface area (TPSA) is 154 Å². The number of aromatic hydroxyl groups is 4. The number of esters is 2. The number of hydrogen-bond donors (Lipinski definition) is 4. The molecule has 1 aliphatic heterocycles. The number of likely N-dealkylation sites (tertiary alicyclic amines) is 1. The quantitative estimate of drug-likeness (QED) is 0.288. The van der Waals surface area contributed by atoms with Crippen LogP contribution >= 0.6 is 0 Å². The molecule has 33 heavy (non-hydrogen) atoms. The zero-order chi connectivity index (χ0) is 24.1. The predicted octanol–water partition coefficient (Wildman–Crippen LogP) is 1.53. The fraction of sp³-hybridized carbons (Fsp3) is 0.174. The maximum atomic E-state index is 12.3. The molecule has 2 atom stereocenters. The van der Waals surface area contributed by atoms with Crippen LogP contribution in [-0.4, -0.2) is 69.0 Å². The Morgan fingerprint density at radius 3 is 1.82 bits per heavy atom. The standard InChI is InChI=1S/C23H21NO9/c1-24-12-19(32-20(29)8-4-13-2-6-15(25)17(27)10-13)22(23(24)31)33-21(30)9-5-14-3-7-16(26)18(28)11-14/h2-11,19,22,25-28H,12H2,1H3/b8-4+,9-5+/t19-,22+/m0/s1. The SMILES string of the molecule is CN1C[C@H](OC(=O)/C=C/c2ccc(O)c(O)c2)[C@@H](OC(=O)/C=C/c2ccc(O)c(O)c2)C1=O. The van der Waals surface area contributed by atoms with E-state index in [1.165, 1.54) is 60.5 Å². The normalized spacial score (nSPS) is 18.2. The van der Waals surface area contributed by atoms with Gasteiger partial charge in [-0.05, 0) is 47.5 Å². The largest absolute Gasteiger partial charge is 0.504 e. The smallest absolute Gasteiger partial charge is 0.331 e. The first kappa shape index (κ1) is 23.2. The Morgan fingerprint density at radius 2 is 1.33 bits per heavy atom. The third-order valence-corrected chi connectivity index (χ3v) is 4.74. The summed E-state index contributed by atoms with van der Waals surface area (Å²) in [6, 6.07) is 7.91. The molecule has 10 heteroatoms. The Balaban J connectivity index is 1.63. The van der Waals surface area contributed by atoms with Gasteiger partial charge in [0.1, 0.15) is 0 Å². The van der Waals surface area contributed by atoms with E-state index in [9.17, 15) is 34.8 Å². The number of likely N-dealkylation sites (N-methyl/N-ethyl adjacent to an activating group) is 1. The van der Waals surface area contributed by atoms with E-state index >= 15 is 0 Å². The van der Waals surface area contributed by atoms with Gasteiger partial charge in [0.15, 0.2) is 29.1 Å². The van der Waals surface area contributed by atoms with Gasteiger partial charge in [-0.2, -0.15) is 0 Å². The summed E-state index contributed by atoms with van der Waals surface area (Å²) in [5.41, 5.74) is 0.834. The van der Waals surface area contributed by atoms with Crippen molar-refractivity contribution in [1.82, 2.24) is 4.90 Å². The number of benzene rings is 2. The van der Waals surface area contributed by atoms with Crippen molar-refractivity contribution in [3.05, 3.63) is 59.7 Å². The summed E-state index contributed by atoms with van der Waals surface area (Å²) < 4.78 is 10.5. The second kappa shape index (κ2) is 9.77. The maximum absolute atomic E-state index is 12.3. The molecule has 1 heterocycles. The van der Waals surface area contributed by atoms with Gasteiger partial charge >= 0.3 is 11.9 Å². The van der Waals surface area contributed by atoms with Crippen LogP contribution in [0.5, 0.6) is 23.0 Å². The highest BCUT2D eigenvalue weighted by Crippen LogP contribution is 2.26. The van der Waals surface area contributed by atoms with Crippen molar-refractivity contribution in [3.63, 3.8) is 0 Å². The Morgan fingerprint density at radius 1 is 0.848 bits per heavy atom. The van der Waals surface area contributed by atoms with E-state index in [1.54, 1.807) is 0 Å². The van der Waals surface area contributed by atoms with Gasteiger partial charge in [-0.15, -0.1) is 0 Å². The Hall–Kier alpha value is -4.47. The van der Waals surface area contributed by atoms with Crippen LogP contribution < -0.4 is 0 Å². The number of carbonyl (C=O) groups is 3. The van der Waals surface area contributed by atoms with Crippen LogP contribution in [0.4, 0.5) is 0 Å². The molecule has 10 nitrogen and oxygen atoms in total. The second-order valence-electron chi connectivity index (χ2n) is 7.21. The first-order chi connectivity index (χ1) is 15.6. The fourth-order valence-electron chi connectivity index (χ4n) is 3.03. The van der Waals surface area contributed by atoms with Gasteiger partial charge in [0.2, 0.25) is 6.10 Å². The van der Waals surface area contributed by atoms with Crippen LogP contribution in [0, 0.1) is 0 Å². The Bertz CT molecular complexity index is 1140. The number of phenols is 4. The molecule has 172 valence electrons. The highest BCUT2D eigenvalue weighted by atomic mass is 16.6. The van der Waals surface area contributed by atoms with Gasteiger partial charge in [0.05, 0.1) is 6.54 Å². The number of phenolic OH excluding ortho intramolecular Hbond substituents is 4. The van der Waals surface area contributed by atoms with Crippen molar-refractivity contribution in [2.24, 2.45) is 0 Å². The molecule has 0 aromatic heterocycles. The van der Waals surface area contributed by atoms with Gasteiger partial charge in [-0.1, -0.05) is 12.1 Å². The van der Waals surface area contributed by atoms with Crippen molar-refractivity contribution in [3.8, 4) is 23.0 Å². The van der Waals surface area contributed by atoms with Gasteiger partial charge in [0, 0.05) is 19.2 Å². The molecule has 0 saturated carbocycles. The summed E-state index contributed by atoms with van der Waals surface area (Å²) in [7, 11) is 1.47. The number of ether oxygens (including phenoxy) is 2. The molecule has 1 amide bonds. The van der Waals surface area contributed by atoms with E-state index in [4.69, 9.17) is 9.47 Å². The van der Waals surface area contributed by atoms with E-state index in [1.807, 2.05) is 0 Å². The van der Waals surface area contributed by atoms with E-state index in [-0.39, 0.29) is 29.5 Å². The van der Waals surface area contributed by atoms with E-state index in [0.717, 1.165) is 12.2 Å². The molecule has 2 aromatic rings. The summed E-state index contributed by atoms with van der Waals surface area (Å²) >= 11 is 0. The van der Waals surface area contributed by atoms with Crippen molar-refractivity contribution >= 4 is 30.0 Å². The predicted molar refractivity (Wildman–Crippen MR) is 115 cm³/mol. The van der Waals surface area contributed by atoms with Crippen LogP contribution in [-0.2, 0) is 23.9 Å². The summed E-state index contributed by atoms with van der Waals surface area (Å²) in [6.07, 6.45) is 2.40. The number of amides is 1. The fourth-order valence-corrected chi connectivity index (χ4v) is 3.03. The van der Waals surface area contributed by atoms with Crippen molar-refractivity contribution in [1.29, 1.82) is 0 Å². The van der Waals surface area contributed by atoms with E-state index < -0.39 is 30.1 Å². The summed E-state index contributed by atoms with van der Waals surface area (Å²) in [4.78, 5) is 38.0. The molecule has 2 aromatic carbocycles. The van der Waals surface area contributed by atoms with E-state index in [0.29, 0.717) is 11.1 Å². The summed E-state index contributed by atoms with van der Waals surface area (Å²) in [5.74, 6) is -3.53. The molecule has 0 bridgehead atoms. The van der Waals surface area contributed by atoms with Gasteiger partial charge in [0.25, 0.3) is 5.91 Å². The van der Waals surface area contributed by atoms with Gasteiger partial charge in [-0.25, -0.2) is 9.59 Å². The molecule has 1 aliphatic rings. The molecule has 0 unspecified atom stereocenters. The molecule has 0 spiro atoms. The van der Waals surface area contributed by atoms with Crippen LogP contribution in [0.15, 0.2) is 48.6 Å². The lowest BCUT2D eigenvalue weighted by Crippen LogP contribution is -2.35. The number of nitrogens with zero attached hydrogens (tertiary/aromatic N) is 1. The lowest BCUT2D eigenvalue weighted by atomic mass is 10.2. The molecule has 1 fully saturated rings. The minimum atomic E-state index is -1.34. The lowest BCUT2D eigenvalue weighted by molar-refractivity contribution is -0.162. The molecule has 4 N–H and O–H groups in total. The summed E-state index contributed by atoms with van der Waals surface area (Å²) in [5, 5.41) is 37.6. The van der Waals surface area contributed by atoms with Crippen LogP contribution in [0.2, 0.25) is 0 Å². The Labute approximate surface area is 188 Å². The molecule has 1 saturated heterocycles. The van der Waals surface area contributed by atoms with Crippen molar-refractivity contribution < 1.29 is 44.3 Å². The van der Waals surface area contributed by atoms with Gasteiger partial charge in [-0.3, -0.25) is 4.79 Å². The molecular weight excluding hydrogens is 434 g/mol. The first-order valence-corrected chi connectivity index (χ1v) is 9.70. The van der Waals surface area contributed by atoms with Gasteiger partial charge < -0.3 is 34.8 Å². The maximum Gasteiger partial charge on any atom is 0.331 e. The van der Waals surface area contributed by atoms with Crippen LogP contribution in [0.3, 0.4) is 0 Å². The average molecular weight is 455 g/mol. The number of carbonyl (C=O) groups excluding carboxylic acids is 3. The second-order valence-corrected chi connectivity index (χ2v) is 7.21. The minimum Gasteiger partial charge on any atom is -0.504 e. The highest BCUT2D eigenvalue weighted by molar-refractivity contribution is 5.92. The molecular formula is C23H21NO9. The minimum absolute atomic E-state index is 0.0197. The highest BCUT2D eigenvalue weighted by Gasteiger charge is 2.43. The Kier molecular flexibility index (Phi) is 6.87. The number of hydrogen-bond acceptors (Lipinski definition) is 9. The zero-order valence-electron chi connectivity index (χ0n) is 17.4. The number of rotatable bonds is 6. The van der Waals surface area contributed by atoms with Crippen molar-refractivity contribution in [2.75, 3.05) is 13.6 Å². The zero-order valence-corrected chi connectivity index (χ0v) is 17.4. The first-order valence-electron chi connectivity index (χ1n) is 9.70. The summed E-state index contributed by atoms with van der Waals surface area (Å²) in [6.45, 7) is 0.0197. The average Bonchev–Trinajstić information content (AvgIpc) is 3.02.